The van der Waals surface area contributed by atoms with Crippen molar-refractivity contribution in [2.45, 2.75) is 33.2 Å². The first-order valence-electron chi connectivity index (χ1n) is 7.52. The standard InChI is InChI=1S/C17H22N2O3/c1-4-5-10-19-14-9-7-6-8-13(14)12(2)16(19)17(22)18(3)11-15(20)21/h6-9H,4-5,10-11H2,1-3H3,(H,20,21). The highest BCUT2D eigenvalue weighted by Crippen LogP contribution is 2.27. The highest BCUT2D eigenvalue weighted by Gasteiger charge is 2.23. The molecule has 5 heteroatoms. The average Bonchev–Trinajstić information content (AvgIpc) is 2.76. The van der Waals surface area contributed by atoms with Crippen LogP contribution in [-0.2, 0) is 11.3 Å². The van der Waals surface area contributed by atoms with E-state index in [0.29, 0.717) is 5.69 Å². The molecule has 0 saturated carbocycles. The third kappa shape index (κ3) is 2.98. The number of hydrogen-bond acceptors (Lipinski definition) is 2. The fourth-order valence-electron chi connectivity index (χ4n) is 2.76. The molecule has 0 aliphatic rings. The van der Waals surface area contributed by atoms with Crippen molar-refractivity contribution in [3.8, 4) is 0 Å². The number of rotatable bonds is 6. The summed E-state index contributed by atoms with van der Waals surface area (Å²) in [6, 6.07) is 7.92. The van der Waals surface area contributed by atoms with Crippen molar-refractivity contribution in [2.24, 2.45) is 0 Å². The Morgan fingerprint density at radius 1 is 1.27 bits per heavy atom. The molecule has 1 aromatic carbocycles. The smallest absolute Gasteiger partial charge is 0.323 e. The predicted molar refractivity (Wildman–Crippen MR) is 86.2 cm³/mol. The maximum absolute atomic E-state index is 12.7. The molecule has 2 rings (SSSR count). The summed E-state index contributed by atoms with van der Waals surface area (Å²) in [7, 11) is 1.53. The van der Waals surface area contributed by atoms with Crippen molar-refractivity contribution in [2.75, 3.05) is 13.6 Å². The summed E-state index contributed by atoms with van der Waals surface area (Å²) >= 11 is 0. The summed E-state index contributed by atoms with van der Waals surface area (Å²) in [6.07, 6.45) is 2.01. The van der Waals surface area contributed by atoms with Crippen LogP contribution in [0.1, 0.15) is 35.8 Å². The van der Waals surface area contributed by atoms with Crippen LogP contribution in [0.2, 0.25) is 0 Å². The molecule has 1 aromatic heterocycles. The summed E-state index contributed by atoms with van der Waals surface area (Å²) in [5.74, 6) is -1.25. The first-order valence-corrected chi connectivity index (χ1v) is 7.52. The predicted octanol–water partition coefficient (Wildman–Crippen LogP) is 2.91. The molecule has 0 saturated heterocycles. The van der Waals surface area contributed by atoms with E-state index in [1.54, 1.807) is 0 Å². The molecule has 22 heavy (non-hydrogen) atoms. The lowest BCUT2D eigenvalue weighted by Gasteiger charge is -2.17. The van der Waals surface area contributed by atoms with Gasteiger partial charge in [-0.1, -0.05) is 31.5 Å². The van der Waals surface area contributed by atoms with Gasteiger partial charge in [0.25, 0.3) is 5.91 Å². The minimum absolute atomic E-state index is 0.243. The normalized spacial score (nSPS) is 10.9. The number of carboxylic acids is 1. The number of hydrogen-bond donors (Lipinski definition) is 1. The largest absolute Gasteiger partial charge is 0.480 e. The number of carbonyl (C=O) groups is 2. The number of benzene rings is 1. The van der Waals surface area contributed by atoms with E-state index < -0.39 is 5.97 Å². The van der Waals surface area contributed by atoms with Crippen LogP contribution in [0.25, 0.3) is 10.9 Å². The van der Waals surface area contributed by atoms with Gasteiger partial charge in [0.15, 0.2) is 0 Å². The van der Waals surface area contributed by atoms with Gasteiger partial charge in [-0.2, -0.15) is 0 Å². The molecular formula is C17H22N2O3. The van der Waals surface area contributed by atoms with Crippen molar-refractivity contribution in [1.29, 1.82) is 0 Å². The number of carbonyl (C=O) groups excluding carboxylic acids is 1. The summed E-state index contributed by atoms with van der Waals surface area (Å²) in [4.78, 5) is 24.8. The molecule has 0 unspecified atom stereocenters. The zero-order valence-electron chi connectivity index (χ0n) is 13.3. The van der Waals surface area contributed by atoms with Crippen molar-refractivity contribution in [3.05, 3.63) is 35.5 Å². The van der Waals surface area contributed by atoms with Crippen LogP contribution in [0.3, 0.4) is 0 Å². The van der Waals surface area contributed by atoms with Gasteiger partial charge in [0.05, 0.1) is 0 Å². The SMILES string of the molecule is CCCCn1c(C(=O)N(C)CC(=O)O)c(C)c2ccccc21. The van der Waals surface area contributed by atoms with Gasteiger partial charge in [-0.05, 0) is 25.0 Å². The van der Waals surface area contributed by atoms with Gasteiger partial charge in [0, 0.05) is 24.5 Å². The number of aromatic nitrogens is 1. The van der Waals surface area contributed by atoms with Crippen molar-refractivity contribution in [1.82, 2.24) is 9.47 Å². The van der Waals surface area contributed by atoms with Crippen LogP contribution in [0, 0.1) is 6.92 Å². The second-order valence-corrected chi connectivity index (χ2v) is 5.55. The van der Waals surface area contributed by atoms with E-state index >= 15 is 0 Å². The van der Waals surface area contributed by atoms with Gasteiger partial charge < -0.3 is 14.6 Å². The number of unbranched alkanes of at least 4 members (excludes halogenated alkanes) is 1. The Morgan fingerprint density at radius 2 is 1.95 bits per heavy atom. The van der Waals surface area contributed by atoms with Crippen LogP contribution in [0.5, 0.6) is 0 Å². The van der Waals surface area contributed by atoms with E-state index in [1.165, 1.54) is 11.9 Å². The fourth-order valence-corrected chi connectivity index (χ4v) is 2.76. The molecule has 1 heterocycles. The topological polar surface area (TPSA) is 62.5 Å². The molecule has 2 aromatic rings. The molecule has 1 amide bonds. The van der Waals surface area contributed by atoms with E-state index in [2.05, 4.69) is 6.92 Å². The molecule has 0 spiro atoms. The number of fused-ring (bicyclic) bond motifs is 1. The Bertz CT molecular complexity index is 703. The first-order chi connectivity index (χ1) is 10.5. The van der Waals surface area contributed by atoms with E-state index in [9.17, 15) is 9.59 Å². The van der Waals surface area contributed by atoms with Gasteiger partial charge in [0.2, 0.25) is 0 Å². The summed E-state index contributed by atoms with van der Waals surface area (Å²) < 4.78 is 2.02. The van der Waals surface area contributed by atoms with Crippen LogP contribution in [0.15, 0.2) is 24.3 Å². The number of aryl methyl sites for hydroxylation is 2. The van der Waals surface area contributed by atoms with Crippen molar-refractivity contribution < 1.29 is 14.7 Å². The quantitative estimate of drug-likeness (QED) is 0.892. The summed E-state index contributed by atoms with van der Waals surface area (Å²) in [5, 5.41) is 9.95. The molecule has 0 fully saturated rings. The molecule has 0 bridgehead atoms. The number of aliphatic carboxylic acids is 1. The maximum atomic E-state index is 12.7. The zero-order valence-corrected chi connectivity index (χ0v) is 13.3. The van der Waals surface area contributed by atoms with Gasteiger partial charge in [-0.15, -0.1) is 0 Å². The molecular weight excluding hydrogens is 280 g/mol. The second-order valence-electron chi connectivity index (χ2n) is 5.55. The van der Waals surface area contributed by atoms with E-state index in [1.807, 2.05) is 35.8 Å². The number of amides is 1. The molecule has 0 atom stereocenters. The molecule has 118 valence electrons. The lowest BCUT2D eigenvalue weighted by atomic mass is 10.1. The summed E-state index contributed by atoms with van der Waals surface area (Å²) in [5.41, 5.74) is 2.54. The first kappa shape index (κ1) is 16.1. The Labute approximate surface area is 130 Å². The third-order valence-electron chi connectivity index (χ3n) is 3.88. The van der Waals surface area contributed by atoms with Gasteiger partial charge in [-0.25, -0.2) is 0 Å². The molecule has 0 aliphatic carbocycles. The van der Waals surface area contributed by atoms with E-state index in [4.69, 9.17) is 5.11 Å². The van der Waals surface area contributed by atoms with Crippen LogP contribution < -0.4 is 0 Å². The van der Waals surface area contributed by atoms with E-state index in [0.717, 1.165) is 35.9 Å². The monoisotopic (exact) mass is 302 g/mol. The van der Waals surface area contributed by atoms with Crippen molar-refractivity contribution >= 4 is 22.8 Å². The van der Waals surface area contributed by atoms with E-state index in [-0.39, 0.29) is 12.5 Å². The van der Waals surface area contributed by atoms with Gasteiger partial charge >= 0.3 is 5.97 Å². The van der Waals surface area contributed by atoms with Gasteiger partial charge in [0.1, 0.15) is 12.2 Å². The number of carboxylic acid groups (broad SMARTS) is 1. The fraction of sp³-hybridized carbons (Fsp3) is 0.412. The summed E-state index contributed by atoms with van der Waals surface area (Å²) in [6.45, 7) is 4.49. The molecule has 0 aliphatic heterocycles. The Hall–Kier alpha value is -2.30. The Kier molecular flexibility index (Phi) is 4.85. The van der Waals surface area contributed by atoms with Gasteiger partial charge in [-0.3, -0.25) is 9.59 Å². The third-order valence-corrected chi connectivity index (χ3v) is 3.88. The van der Waals surface area contributed by atoms with Crippen LogP contribution >= 0.6 is 0 Å². The minimum atomic E-state index is -1.01. The average molecular weight is 302 g/mol. The highest BCUT2D eigenvalue weighted by atomic mass is 16.4. The molecule has 0 radical (unpaired) electrons. The van der Waals surface area contributed by atoms with Crippen LogP contribution in [-0.4, -0.2) is 40.0 Å². The number of nitrogens with zero attached hydrogens (tertiary/aromatic N) is 2. The lowest BCUT2D eigenvalue weighted by Crippen LogP contribution is -2.33. The maximum Gasteiger partial charge on any atom is 0.323 e. The number of para-hydroxylation sites is 1. The minimum Gasteiger partial charge on any atom is -0.480 e. The van der Waals surface area contributed by atoms with Crippen molar-refractivity contribution in [3.63, 3.8) is 0 Å². The second kappa shape index (κ2) is 6.64. The number of likely N-dealkylation sites (N-methyl/N-ethyl adjacent to an activating group) is 1. The highest BCUT2D eigenvalue weighted by molar-refractivity contribution is 6.02. The Morgan fingerprint density at radius 3 is 2.59 bits per heavy atom. The molecule has 5 nitrogen and oxygen atoms in total. The zero-order chi connectivity index (χ0) is 16.3. The molecule has 1 N–H and O–H groups in total. The van der Waals surface area contributed by atoms with Crippen LogP contribution in [0.4, 0.5) is 0 Å². The lowest BCUT2D eigenvalue weighted by molar-refractivity contribution is -0.137. The Balaban J connectivity index is 2.53.